The number of hydrogen-bond acceptors (Lipinski definition) is 9. The molecular formula is C41H46N4O10. The van der Waals surface area contributed by atoms with E-state index in [2.05, 4.69) is 34.3 Å². The molecule has 3 rings (SSSR count). The smallest absolute Gasteiger partial charge is 0.412 e. The maximum absolute atomic E-state index is 12.6. The molecule has 0 bridgehead atoms. The van der Waals surface area contributed by atoms with Gasteiger partial charge in [-0.3, -0.25) is 10.6 Å². The lowest BCUT2D eigenvalue weighted by molar-refractivity contribution is 0.0624. The standard InChI is InChI=1S/C41H46N4O10/c1-40(2,3)54-36(48)42-32-17-9-13-29(23-32)26-44(7)38(50)52-21-11-15-28-19-20-31(34(25-28)35(46)47)16-12-22-53-39(51)45(8)27-30-14-10-18-33(24-30)43-37(49)55-41(4,5)6/h9-10,13-14,17-20,23-25H,21-22,26-27H2,1-8H3,(H,42,48)(H,43,49)(H,46,47). The van der Waals surface area contributed by atoms with E-state index in [1.807, 2.05) is 0 Å². The molecule has 0 aliphatic carbocycles. The van der Waals surface area contributed by atoms with Crippen molar-refractivity contribution in [2.24, 2.45) is 0 Å². The summed E-state index contributed by atoms with van der Waals surface area (Å²) < 4.78 is 21.0. The molecule has 14 heteroatoms. The molecule has 0 aliphatic rings. The van der Waals surface area contributed by atoms with Gasteiger partial charge in [-0.1, -0.05) is 47.9 Å². The van der Waals surface area contributed by atoms with E-state index in [0.29, 0.717) is 16.9 Å². The minimum Gasteiger partial charge on any atom is -0.478 e. The van der Waals surface area contributed by atoms with Crippen LogP contribution in [0.5, 0.6) is 0 Å². The summed E-state index contributed by atoms with van der Waals surface area (Å²) in [6.45, 7) is 10.4. The fraction of sp³-hybridized carbons (Fsp3) is 0.341. The fourth-order valence-corrected chi connectivity index (χ4v) is 4.61. The van der Waals surface area contributed by atoms with Gasteiger partial charge in [-0.25, -0.2) is 24.0 Å². The second kappa shape index (κ2) is 19.4. The van der Waals surface area contributed by atoms with Crippen LogP contribution in [0, 0.1) is 23.7 Å². The molecular weight excluding hydrogens is 708 g/mol. The van der Waals surface area contributed by atoms with Crippen molar-refractivity contribution in [3.05, 3.63) is 94.5 Å². The molecule has 3 N–H and O–H groups in total. The lowest BCUT2D eigenvalue weighted by atomic mass is 10.0. The largest absolute Gasteiger partial charge is 0.478 e. The number of anilines is 2. The van der Waals surface area contributed by atoms with Crippen LogP contribution in [0.25, 0.3) is 0 Å². The Balaban J connectivity index is 1.50. The Morgan fingerprint density at radius 1 is 0.655 bits per heavy atom. The summed E-state index contributed by atoms with van der Waals surface area (Å²) in [6, 6.07) is 18.3. The first-order valence-corrected chi connectivity index (χ1v) is 17.1. The van der Waals surface area contributed by atoms with Gasteiger partial charge in [0.1, 0.15) is 11.2 Å². The first kappa shape index (κ1) is 42.7. The molecule has 0 fully saturated rings. The number of nitrogens with one attached hydrogen (secondary N) is 2. The number of hydrogen-bond donors (Lipinski definition) is 3. The number of aromatic carboxylic acids is 1. The minimum absolute atomic E-state index is 0.109. The molecule has 14 nitrogen and oxygen atoms in total. The Kier molecular flexibility index (Phi) is 15.1. The van der Waals surface area contributed by atoms with Crippen molar-refractivity contribution in [2.45, 2.75) is 65.8 Å². The van der Waals surface area contributed by atoms with Crippen LogP contribution in [0.3, 0.4) is 0 Å². The number of carboxylic acid groups (broad SMARTS) is 1. The van der Waals surface area contributed by atoms with Crippen molar-refractivity contribution in [1.29, 1.82) is 0 Å². The number of carboxylic acids is 1. The maximum atomic E-state index is 12.6. The highest BCUT2D eigenvalue weighted by Crippen LogP contribution is 2.17. The van der Waals surface area contributed by atoms with Crippen LogP contribution >= 0.6 is 0 Å². The zero-order chi connectivity index (χ0) is 40.8. The molecule has 0 heterocycles. The number of ether oxygens (including phenoxy) is 4. The normalized spacial score (nSPS) is 10.6. The highest BCUT2D eigenvalue weighted by Gasteiger charge is 2.18. The second-order valence-electron chi connectivity index (χ2n) is 14.1. The quantitative estimate of drug-likeness (QED) is 0.148. The van der Waals surface area contributed by atoms with Crippen molar-refractivity contribution >= 4 is 41.7 Å². The third-order valence-corrected chi connectivity index (χ3v) is 6.85. The number of carbonyl (C=O) groups is 5. The lowest BCUT2D eigenvalue weighted by Crippen LogP contribution is -2.28. The van der Waals surface area contributed by atoms with Crippen LogP contribution in [-0.4, -0.2) is 83.8 Å². The molecule has 4 amide bonds. The van der Waals surface area contributed by atoms with Crippen molar-refractivity contribution in [3.63, 3.8) is 0 Å². The van der Waals surface area contributed by atoms with Crippen molar-refractivity contribution < 1.29 is 48.0 Å². The molecule has 3 aromatic rings. The molecule has 0 saturated heterocycles. The van der Waals surface area contributed by atoms with Gasteiger partial charge in [-0.15, -0.1) is 0 Å². The molecule has 55 heavy (non-hydrogen) atoms. The summed E-state index contributed by atoms with van der Waals surface area (Å²) >= 11 is 0. The number of benzene rings is 3. The molecule has 0 unspecified atom stereocenters. The molecule has 0 saturated carbocycles. The Morgan fingerprint density at radius 3 is 1.55 bits per heavy atom. The van der Waals surface area contributed by atoms with Crippen LogP contribution in [0.15, 0.2) is 66.7 Å². The summed E-state index contributed by atoms with van der Waals surface area (Å²) in [5, 5.41) is 15.1. The van der Waals surface area contributed by atoms with E-state index < -0.39 is 41.5 Å². The fourth-order valence-electron chi connectivity index (χ4n) is 4.61. The first-order chi connectivity index (χ1) is 25.8. The molecule has 0 radical (unpaired) electrons. The third-order valence-electron chi connectivity index (χ3n) is 6.85. The van der Waals surface area contributed by atoms with E-state index in [1.165, 1.54) is 21.9 Å². The zero-order valence-corrected chi connectivity index (χ0v) is 32.2. The van der Waals surface area contributed by atoms with Gasteiger partial charge >= 0.3 is 30.3 Å². The van der Waals surface area contributed by atoms with Crippen molar-refractivity contribution in [2.75, 3.05) is 37.9 Å². The van der Waals surface area contributed by atoms with E-state index >= 15 is 0 Å². The highest BCUT2D eigenvalue weighted by atomic mass is 16.6. The molecule has 0 aromatic heterocycles. The Morgan fingerprint density at radius 2 is 1.11 bits per heavy atom. The molecule has 3 aromatic carbocycles. The second-order valence-corrected chi connectivity index (χ2v) is 14.1. The van der Waals surface area contributed by atoms with Gasteiger partial charge in [0.25, 0.3) is 0 Å². The van der Waals surface area contributed by atoms with E-state index in [0.717, 1.165) is 11.1 Å². The average molecular weight is 755 g/mol. The molecule has 290 valence electrons. The Bertz CT molecular complexity index is 2010. The monoisotopic (exact) mass is 754 g/mol. The van der Waals surface area contributed by atoms with Crippen molar-refractivity contribution in [3.8, 4) is 23.7 Å². The lowest BCUT2D eigenvalue weighted by Gasteiger charge is -2.20. The van der Waals surface area contributed by atoms with E-state index in [9.17, 15) is 29.1 Å². The highest BCUT2D eigenvalue weighted by molar-refractivity contribution is 5.91. The number of rotatable bonds is 9. The van der Waals surface area contributed by atoms with Gasteiger partial charge < -0.3 is 33.9 Å². The number of nitrogens with zero attached hydrogens (tertiary/aromatic N) is 2. The van der Waals surface area contributed by atoms with Gasteiger partial charge in [0.15, 0.2) is 13.2 Å². The maximum Gasteiger partial charge on any atom is 0.412 e. The Hall–Kier alpha value is -6.67. The van der Waals surface area contributed by atoms with Gasteiger partial charge in [0.2, 0.25) is 0 Å². The molecule has 0 spiro atoms. The third kappa shape index (κ3) is 15.9. The number of carbonyl (C=O) groups excluding carboxylic acids is 4. The van der Waals surface area contributed by atoms with Crippen LogP contribution in [0.2, 0.25) is 0 Å². The Labute approximate surface area is 321 Å². The summed E-state index contributed by atoms with van der Waals surface area (Å²) in [6.07, 6.45) is -2.48. The summed E-state index contributed by atoms with van der Waals surface area (Å²) in [5.74, 6) is 9.62. The minimum atomic E-state index is -1.23. The van der Waals surface area contributed by atoms with Gasteiger partial charge in [-0.2, -0.15) is 0 Å². The molecule has 0 aliphatic heterocycles. The summed E-state index contributed by atoms with van der Waals surface area (Å²) in [5.41, 5.74) is 1.63. The zero-order valence-electron chi connectivity index (χ0n) is 32.2. The van der Waals surface area contributed by atoms with E-state index in [4.69, 9.17) is 18.9 Å². The predicted molar refractivity (Wildman–Crippen MR) is 205 cm³/mol. The van der Waals surface area contributed by atoms with Gasteiger partial charge in [0, 0.05) is 49.7 Å². The SMILES string of the molecule is CN(Cc1cccc(NC(=O)OC(C)(C)C)c1)C(=O)OCC#Cc1ccc(C#CCOC(=O)N(C)Cc2cccc(NC(=O)OC(C)(C)C)c2)c(C(=O)O)c1. The predicted octanol–water partition coefficient (Wildman–Crippen LogP) is 7.32. The average Bonchev–Trinajstić information content (AvgIpc) is 3.07. The van der Waals surface area contributed by atoms with Crippen LogP contribution < -0.4 is 10.6 Å². The van der Waals surface area contributed by atoms with Crippen LogP contribution in [-0.2, 0) is 32.0 Å². The molecule has 0 atom stereocenters. The number of amides is 4. The summed E-state index contributed by atoms with van der Waals surface area (Å²) in [4.78, 5) is 63.9. The summed E-state index contributed by atoms with van der Waals surface area (Å²) in [7, 11) is 3.09. The van der Waals surface area contributed by atoms with Crippen molar-refractivity contribution in [1.82, 2.24) is 9.80 Å². The topological polar surface area (TPSA) is 173 Å². The van der Waals surface area contributed by atoms with Crippen LogP contribution in [0.4, 0.5) is 30.6 Å². The van der Waals surface area contributed by atoms with E-state index in [-0.39, 0.29) is 37.4 Å². The van der Waals surface area contributed by atoms with E-state index in [1.54, 1.807) is 110 Å². The van der Waals surface area contributed by atoms with Crippen LogP contribution in [0.1, 0.15) is 74.2 Å². The van der Waals surface area contributed by atoms with Gasteiger partial charge in [0.05, 0.1) is 5.56 Å². The first-order valence-electron chi connectivity index (χ1n) is 17.1. The van der Waals surface area contributed by atoms with Gasteiger partial charge in [-0.05, 0) is 95.1 Å².